The minimum absolute atomic E-state index is 0. The van der Waals surface area contributed by atoms with Crippen molar-refractivity contribution in [1.29, 1.82) is 0 Å². The number of nitrogens with zero attached hydrogens (tertiary/aromatic N) is 1. The fourth-order valence-corrected chi connectivity index (χ4v) is 2.94. The largest absolute Gasteiger partial charge is 0.381 e. The molecule has 0 saturated carbocycles. The van der Waals surface area contributed by atoms with Crippen molar-refractivity contribution < 1.29 is 9.53 Å². The van der Waals surface area contributed by atoms with Gasteiger partial charge in [-0.1, -0.05) is 0 Å². The van der Waals surface area contributed by atoms with E-state index < -0.39 is 0 Å². The first kappa shape index (κ1) is 16.7. The number of carbonyl (C=O) groups excluding carboxylic acids is 1. The molecule has 112 valence electrons. The lowest BCUT2D eigenvalue weighted by Gasteiger charge is -2.32. The van der Waals surface area contributed by atoms with Crippen LogP contribution in [0.2, 0.25) is 0 Å². The quantitative estimate of drug-likeness (QED) is 0.838. The molecule has 5 heteroatoms. The van der Waals surface area contributed by atoms with Gasteiger partial charge in [0.1, 0.15) is 0 Å². The molecule has 19 heavy (non-hydrogen) atoms. The Labute approximate surface area is 122 Å². The molecule has 2 aliphatic heterocycles. The highest BCUT2D eigenvalue weighted by molar-refractivity contribution is 5.85. The third-order valence-corrected chi connectivity index (χ3v) is 4.26. The van der Waals surface area contributed by atoms with Crippen LogP contribution in [0.1, 0.15) is 32.1 Å². The van der Waals surface area contributed by atoms with Gasteiger partial charge in [0.05, 0.1) is 0 Å². The summed E-state index contributed by atoms with van der Waals surface area (Å²) < 4.78 is 5.33. The first-order valence-electron chi connectivity index (χ1n) is 7.29. The van der Waals surface area contributed by atoms with Crippen molar-refractivity contribution >= 4 is 18.3 Å². The Balaban J connectivity index is 0.00000180. The molecule has 4 nitrogen and oxygen atoms in total. The normalized spacial score (nSPS) is 24.3. The summed E-state index contributed by atoms with van der Waals surface area (Å²) in [6.45, 7) is 4.63. The second kappa shape index (κ2) is 8.77. The van der Waals surface area contributed by atoms with Gasteiger partial charge in [-0.2, -0.15) is 0 Å². The van der Waals surface area contributed by atoms with E-state index in [1.807, 2.05) is 7.05 Å². The molecule has 0 aliphatic carbocycles. The number of hydrogen-bond acceptors (Lipinski definition) is 3. The molecule has 0 aromatic rings. The van der Waals surface area contributed by atoms with Gasteiger partial charge in [-0.25, -0.2) is 0 Å². The Hall–Kier alpha value is -0.320. The Morgan fingerprint density at radius 2 is 2.00 bits per heavy atom. The van der Waals surface area contributed by atoms with Gasteiger partial charge < -0.3 is 15.0 Å². The van der Waals surface area contributed by atoms with Crippen LogP contribution in [0.4, 0.5) is 0 Å². The Morgan fingerprint density at radius 3 is 2.58 bits per heavy atom. The van der Waals surface area contributed by atoms with Crippen LogP contribution < -0.4 is 5.32 Å². The van der Waals surface area contributed by atoms with E-state index in [1.54, 1.807) is 0 Å². The van der Waals surface area contributed by atoms with Crippen LogP contribution in [-0.2, 0) is 9.53 Å². The fourth-order valence-electron chi connectivity index (χ4n) is 2.94. The zero-order valence-corrected chi connectivity index (χ0v) is 12.7. The number of ether oxygens (including phenoxy) is 1. The number of piperidine rings is 1. The number of nitrogens with one attached hydrogen (secondary N) is 1. The molecule has 2 aliphatic rings. The molecule has 2 heterocycles. The molecule has 1 atom stereocenters. The predicted molar refractivity (Wildman–Crippen MR) is 78.6 cm³/mol. The van der Waals surface area contributed by atoms with E-state index in [0.717, 1.165) is 45.2 Å². The average molecular weight is 291 g/mol. The van der Waals surface area contributed by atoms with Gasteiger partial charge in [0.25, 0.3) is 0 Å². The molecule has 0 radical (unpaired) electrons. The summed E-state index contributed by atoms with van der Waals surface area (Å²) in [4.78, 5) is 14.2. The molecule has 0 aromatic heterocycles. The lowest BCUT2D eigenvalue weighted by atomic mass is 9.93. The molecule has 1 N–H and O–H groups in total. The maximum Gasteiger partial charge on any atom is 0.222 e. The third-order valence-electron chi connectivity index (χ3n) is 4.26. The Morgan fingerprint density at radius 1 is 1.26 bits per heavy atom. The highest BCUT2D eigenvalue weighted by atomic mass is 35.5. The maximum atomic E-state index is 12.1. The number of likely N-dealkylation sites (tertiary alicyclic amines) is 1. The van der Waals surface area contributed by atoms with Gasteiger partial charge in [0.15, 0.2) is 0 Å². The summed E-state index contributed by atoms with van der Waals surface area (Å²) in [6.07, 6.45) is 5.35. The smallest absolute Gasteiger partial charge is 0.222 e. The first-order valence-corrected chi connectivity index (χ1v) is 7.29. The topological polar surface area (TPSA) is 41.6 Å². The Bertz CT molecular complexity index is 262. The SMILES string of the molecule is CNCCC1CCN(C(=O)CC2CCOC2)CC1.Cl. The van der Waals surface area contributed by atoms with E-state index in [1.165, 1.54) is 19.3 Å². The second-order valence-electron chi connectivity index (χ2n) is 5.65. The van der Waals surface area contributed by atoms with E-state index in [0.29, 0.717) is 18.2 Å². The zero-order valence-electron chi connectivity index (χ0n) is 11.9. The standard InChI is InChI=1S/C14H26N2O2.ClH/c1-15-6-2-12-3-7-16(8-4-12)14(17)10-13-5-9-18-11-13;/h12-13,15H,2-11H2,1H3;1H. The van der Waals surface area contributed by atoms with E-state index in [2.05, 4.69) is 10.2 Å². The van der Waals surface area contributed by atoms with Crippen molar-refractivity contribution in [3.63, 3.8) is 0 Å². The van der Waals surface area contributed by atoms with Crippen molar-refractivity contribution in [2.75, 3.05) is 39.9 Å². The number of hydrogen-bond donors (Lipinski definition) is 1. The highest BCUT2D eigenvalue weighted by Gasteiger charge is 2.25. The van der Waals surface area contributed by atoms with Crippen LogP contribution >= 0.6 is 12.4 Å². The molecule has 2 fully saturated rings. The summed E-state index contributed by atoms with van der Waals surface area (Å²) in [5, 5.41) is 3.20. The number of amides is 1. The van der Waals surface area contributed by atoms with Crippen molar-refractivity contribution in [3.05, 3.63) is 0 Å². The number of carbonyl (C=O) groups is 1. The van der Waals surface area contributed by atoms with Gasteiger partial charge in [-0.15, -0.1) is 12.4 Å². The molecule has 1 unspecified atom stereocenters. The van der Waals surface area contributed by atoms with E-state index in [4.69, 9.17) is 4.74 Å². The summed E-state index contributed by atoms with van der Waals surface area (Å²) in [5.41, 5.74) is 0. The summed E-state index contributed by atoms with van der Waals surface area (Å²) in [6, 6.07) is 0. The molecular formula is C14H27ClN2O2. The molecule has 2 rings (SSSR count). The minimum atomic E-state index is 0. The van der Waals surface area contributed by atoms with Crippen LogP contribution in [0.25, 0.3) is 0 Å². The van der Waals surface area contributed by atoms with Crippen molar-refractivity contribution in [2.24, 2.45) is 11.8 Å². The van der Waals surface area contributed by atoms with E-state index in [-0.39, 0.29) is 12.4 Å². The van der Waals surface area contributed by atoms with Gasteiger partial charge in [-0.05, 0) is 51.1 Å². The van der Waals surface area contributed by atoms with Gasteiger partial charge in [-0.3, -0.25) is 4.79 Å². The maximum absolute atomic E-state index is 12.1. The lowest BCUT2D eigenvalue weighted by Crippen LogP contribution is -2.39. The number of halogens is 1. The molecule has 2 saturated heterocycles. The van der Waals surface area contributed by atoms with Crippen LogP contribution in [0.15, 0.2) is 0 Å². The van der Waals surface area contributed by atoms with Gasteiger partial charge >= 0.3 is 0 Å². The molecule has 0 spiro atoms. The van der Waals surface area contributed by atoms with E-state index >= 15 is 0 Å². The van der Waals surface area contributed by atoms with Gasteiger partial charge in [0.2, 0.25) is 5.91 Å². The van der Waals surface area contributed by atoms with Crippen LogP contribution in [0.5, 0.6) is 0 Å². The van der Waals surface area contributed by atoms with E-state index in [9.17, 15) is 4.79 Å². The summed E-state index contributed by atoms with van der Waals surface area (Å²) >= 11 is 0. The predicted octanol–water partition coefficient (Wildman–Crippen LogP) is 1.68. The Kier molecular flexibility index (Phi) is 7.73. The highest BCUT2D eigenvalue weighted by Crippen LogP contribution is 2.23. The molecule has 0 bridgehead atoms. The van der Waals surface area contributed by atoms with Gasteiger partial charge in [0, 0.05) is 32.7 Å². The molecule has 1 amide bonds. The van der Waals surface area contributed by atoms with Crippen LogP contribution in [0.3, 0.4) is 0 Å². The molecular weight excluding hydrogens is 264 g/mol. The van der Waals surface area contributed by atoms with Crippen molar-refractivity contribution in [2.45, 2.75) is 32.1 Å². The summed E-state index contributed by atoms with van der Waals surface area (Å²) in [7, 11) is 2.00. The van der Waals surface area contributed by atoms with Crippen molar-refractivity contribution in [3.8, 4) is 0 Å². The fraction of sp³-hybridized carbons (Fsp3) is 0.929. The zero-order chi connectivity index (χ0) is 12.8. The minimum Gasteiger partial charge on any atom is -0.381 e. The van der Waals surface area contributed by atoms with Crippen LogP contribution in [-0.4, -0.2) is 50.7 Å². The second-order valence-corrected chi connectivity index (χ2v) is 5.65. The number of rotatable bonds is 5. The first-order chi connectivity index (χ1) is 8.79. The average Bonchev–Trinajstić information content (AvgIpc) is 2.89. The van der Waals surface area contributed by atoms with Crippen molar-refractivity contribution in [1.82, 2.24) is 10.2 Å². The molecule has 0 aromatic carbocycles. The summed E-state index contributed by atoms with van der Waals surface area (Å²) in [5.74, 6) is 1.62. The monoisotopic (exact) mass is 290 g/mol. The third kappa shape index (κ3) is 5.28. The van der Waals surface area contributed by atoms with Crippen LogP contribution in [0, 0.1) is 11.8 Å². The lowest BCUT2D eigenvalue weighted by molar-refractivity contribution is -0.133.